The molecule has 2 aromatic carbocycles. The molecule has 1 fully saturated rings. The number of ether oxygens (including phenoxy) is 4. The third-order valence-electron chi connectivity index (χ3n) is 6.20. The summed E-state index contributed by atoms with van der Waals surface area (Å²) in [5, 5.41) is 0.677. The molecule has 0 atom stereocenters. The maximum Gasteiger partial charge on any atom is 0.260 e. The van der Waals surface area contributed by atoms with E-state index in [1.807, 2.05) is 0 Å². The number of fused-ring (bicyclic) bond motifs is 1. The lowest BCUT2D eigenvalue weighted by molar-refractivity contribution is 0.0391. The standard InChI is InChI=1S/C25H31N3O5S.ClH/c1-16-6-7-21-22(17(16)2)26-25(34-21)28(9-8-27-10-12-33-13-11-27)24(29)18-14-19(30-3)23(32-5)20(15-18)31-4;/h6-7,14-15H,8-13H2,1-5H3;1H. The number of rotatable bonds is 8. The number of nitrogens with zero attached hydrogens (tertiary/aromatic N) is 3. The lowest BCUT2D eigenvalue weighted by Crippen LogP contribution is -2.43. The van der Waals surface area contributed by atoms with E-state index in [2.05, 4.69) is 30.9 Å². The summed E-state index contributed by atoms with van der Waals surface area (Å²) in [4.78, 5) is 22.8. The first-order valence-corrected chi connectivity index (χ1v) is 12.1. The molecule has 2 heterocycles. The second kappa shape index (κ2) is 11.9. The first kappa shape index (κ1) is 27.0. The topological polar surface area (TPSA) is 73.4 Å². The summed E-state index contributed by atoms with van der Waals surface area (Å²) in [6.45, 7) is 8.50. The van der Waals surface area contributed by atoms with Crippen molar-refractivity contribution in [3.05, 3.63) is 41.0 Å². The molecular formula is C25H32ClN3O5S. The molecule has 0 saturated carbocycles. The number of amides is 1. The van der Waals surface area contributed by atoms with Crippen molar-refractivity contribution in [2.75, 3.05) is 65.6 Å². The number of hydrogen-bond donors (Lipinski definition) is 0. The van der Waals surface area contributed by atoms with Crippen LogP contribution in [0.3, 0.4) is 0 Å². The number of carbonyl (C=O) groups is 1. The van der Waals surface area contributed by atoms with E-state index in [1.54, 1.807) is 38.4 Å². The number of anilines is 1. The van der Waals surface area contributed by atoms with Gasteiger partial charge in [-0.15, -0.1) is 12.4 Å². The van der Waals surface area contributed by atoms with E-state index in [0.717, 1.165) is 35.4 Å². The van der Waals surface area contributed by atoms with Crippen molar-refractivity contribution in [1.82, 2.24) is 9.88 Å². The Morgan fingerprint density at radius 1 is 1.09 bits per heavy atom. The van der Waals surface area contributed by atoms with Crippen molar-refractivity contribution in [1.29, 1.82) is 0 Å². The molecule has 1 aliphatic rings. The quantitative estimate of drug-likeness (QED) is 0.436. The summed E-state index contributed by atoms with van der Waals surface area (Å²) in [5.74, 6) is 1.16. The van der Waals surface area contributed by atoms with Crippen molar-refractivity contribution in [2.45, 2.75) is 13.8 Å². The first-order chi connectivity index (χ1) is 16.5. The molecule has 0 spiro atoms. The minimum Gasteiger partial charge on any atom is -0.493 e. The number of benzene rings is 2. The molecule has 8 nitrogen and oxygen atoms in total. The Labute approximate surface area is 216 Å². The Kier molecular flexibility index (Phi) is 9.18. The third-order valence-corrected chi connectivity index (χ3v) is 7.25. The number of halogens is 1. The molecular weight excluding hydrogens is 490 g/mol. The van der Waals surface area contributed by atoms with Gasteiger partial charge in [0.2, 0.25) is 5.75 Å². The fraction of sp³-hybridized carbons (Fsp3) is 0.440. The third kappa shape index (κ3) is 5.64. The van der Waals surface area contributed by atoms with Gasteiger partial charge in [0, 0.05) is 31.7 Å². The van der Waals surface area contributed by atoms with Crippen molar-refractivity contribution >= 4 is 45.0 Å². The molecule has 1 saturated heterocycles. The van der Waals surface area contributed by atoms with Gasteiger partial charge in [0.1, 0.15) is 0 Å². The number of morpholine rings is 1. The van der Waals surface area contributed by atoms with Crippen LogP contribution in [-0.4, -0.2) is 76.5 Å². The van der Waals surface area contributed by atoms with Crippen LogP contribution in [0.5, 0.6) is 17.2 Å². The predicted molar refractivity (Wildman–Crippen MR) is 141 cm³/mol. The van der Waals surface area contributed by atoms with Gasteiger partial charge in [0.25, 0.3) is 5.91 Å². The Morgan fingerprint density at radius 2 is 1.74 bits per heavy atom. The summed E-state index contributed by atoms with van der Waals surface area (Å²) < 4.78 is 22.9. The number of thiazole rings is 1. The van der Waals surface area contributed by atoms with E-state index < -0.39 is 0 Å². The molecule has 0 radical (unpaired) electrons. The maximum atomic E-state index is 13.9. The number of aromatic nitrogens is 1. The van der Waals surface area contributed by atoms with Crippen LogP contribution < -0.4 is 19.1 Å². The highest BCUT2D eigenvalue weighted by Gasteiger charge is 2.26. The molecule has 0 aliphatic carbocycles. The van der Waals surface area contributed by atoms with Gasteiger partial charge in [-0.1, -0.05) is 17.4 Å². The summed E-state index contributed by atoms with van der Waals surface area (Å²) in [6.07, 6.45) is 0. The van der Waals surface area contributed by atoms with Crippen LogP contribution in [0.2, 0.25) is 0 Å². The van der Waals surface area contributed by atoms with Crippen LogP contribution in [0.4, 0.5) is 5.13 Å². The van der Waals surface area contributed by atoms with E-state index >= 15 is 0 Å². The van der Waals surface area contributed by atoms with Crippen LogP contribution in [0.25, 0.3) is 10.2 Å². The number of hydrogen-bond acceptors (Lipinski definition) is 8. The van der Waals surface area contributed by atoms with Gasteiger partial charge in [-0.2, -0.15) is 0 Å². The summed E-state index contributed by atoms with van der Waals surface area (Å²) in [7, 11) is 4.63. The molecule has 190 valence electrons. The van der Waals surface area contributed by atoms with E-state index in [1.165, 1.54) is 16.9 Å². The van der Waals surface area contributed by atoms with Crippen molar-refractivity contribution in [2.24, 2.45) is 0 Å². The monoisotopic (exact) mass is 521 g/mol. The fourth-order valence-corrected chi connectivity index (χ4v) is 5.09. The zero-order valence-electron chi connectivity index (χ0n) is 20.8. The SMILES string of the molecule is COc1cc(C(=O)N(CCN2CCOCC2)c2nc3c(C)c(C)ccc3s2)cc(OC)c1OC.Cl. The van der Waals surface area contributed by atoms with Gasteiger partial charge < -0.3 is 18.9 Å². The Morgan fingerprint density at radius 3 is 2.34 bits per heavy atom. The molecule has 0 N–H and O–H groups in total. The average molecular weight is 522 g/mol. The minimum atomic E-state index is -0.166. The first-order valence-electron chi connectivity index (χ1n) is 11.3. The van der Waals surface area contributed by atoms with Gasteiger partial charge in [-0.25, -0.2) is 4.98 Å². The lowest BCUT2D eigenvalue weighted by atomic mass is 10.1. The van der Waals surface area contributed by atoms with Gasteiger partial charge >= 0.3 is 0 Å². The summed E-state index contributed by atoms with van der Waals surface area (Å²) in [5.41, 5.74) is 3.70. The van der Waals surface area contributed by atoms with Crippen LogP contribution in [0.15, 0.2) is 24.3 Å². The largest absolute Gasteiger partial charge is 0.493 e. The van der Waals surface area contributed by atoms with Gasteiger partial charge in [-0.05, 0) is 43.2 Å². The molecule has 1 aromatic heterocycles. The highest BCUT2D eigenvalue weighted by molar-refractivity contribution is 7.22. The lowest BCUT2D eigenvalue weighted by Gasteiger charge is -2.29. The number of aryl methyl sites for hydroxylation is 2. The second-order valence-corrected chi connectivity index (χ2v) is 9.18. The molecule has 0 bridgehead atoms. The molecule has 4 rings (SSSR count). The van der Waals surface area contributed by atoms with Crippen molar-refractivity contribution in [3.63, 3.8) is 0 Å². The van der Waals surface area contributed by atoms with Crippen LogP contribution >= 0.6 is 23.7 Å². The Balaban J connectivity index is 0.00000342. The van der Waals surface area contributed by atoms with E-state index in [0.29, 0.717) is 47.7 Å². The second-order valence-electron chi connectivity index (χ2n) is 8.18. The maximum absolute atomic E-state index is 13.9. The van der Waals surface area contributed by atoms with E-state index in [9.17, 15) is 4.79 Å². The van der Waals surface area contributed by atoms with Crippen LogP contribution in [-0.2, 0) is 4.74 Å². The van der Waals surface area contributed by atoms with Gasteiger partial charge in [0.05, 0.1) is 44.8 Å². The van der Waals surface area contributed by atoms with Crippen molar-refractivity contribution < 1.29 is 23.7 Å². The smallest absolute Gasteiger partial charge is 0.260 e. The van der Waals surface area contributed by atoms with E-state index in [-0.39, 0.29) is 18.3 Å². The number of methoxy groups -OCH3 is 3. The Hall–Kier alpha value is -2.59. The van der Waals surface area contributed by atoms with Gasteiger partial charge in [-0.3, -0.25) is 14.6 Å². The van der Waals surface area contributed by atoms with Crippen LogP contribution in [0.1, 0.15) is 21.5 Å². The normalized spacial score (nSPS) is 13.9. The van der Waals surface area contributed by atoms with Crippen LogP contribution in [0, 0.1) is 13.8 Å². The average Bonchev–Trinajstić information content (AvgIpc) is 3.30. The fourth-order valence-electron chi connectivity index (χ4n) is 4.04. The highest BCUT2D eigenvalue weighted by atomic mass is 35.5. The molecule has 10 heteroatoms. The Bertz CT molecular complexity index is 1150. The van der Waals surface area contributed by atoms with Gasteiger partial charge in [0.15, 0.2) is 16.6 Å². The number of carbonyl (C=O) groups excluding carboxylic acids is 1. The molecule has 1 amide bonds. The molecule has 35 heavy (non-hydrogen) atoms. The summed E-state index contributed by atoms with van der Waals surface area (Å²) in [6, 6.07) is 7.55. The van der Waals surface area contributed by atoms with Crippen molar-refractivity contribution in [3.8, 4) is 17.2 Å². The molecule has 0 unspecified atom stereocenters. The highest BCUT2D eigenvalue weighted by Crippen LogP contribution is 2.39. The zero-order chi connectivity index (χ0) is 24.2. The minimum absolute atomic E-state index is 0. The summed E-state index contributed by atoms with van der Waals surface area (Å²) >= 11 is 1.53. The zero-order valence-corrected chi connectivity index (χ0v) is 22.4. The molecule has 3 aromatic rings. The van der Waals surface area contributed by atoms with E-state index in [4.69, 9.17) is 23.9 Å². The molecule has 1 aliphatic heterocycles. The predicted octanol–water partition coefficient (Wildman–Crippen LogP) is 4.34.